The van der Waals surface area contributed by atoms with Crippen molar-refractivity contribution in [3.63, 3.8) is 0 Å². The molecule has 0 saturated heterocycles. The molecule has 2 aliphatic rings. The van der Waals surface area contributed by atoms with E-state index in [1.807, 2.05) is 0 Å². The summed E-state index contributed by atoms with van der Waals surface area (Å²) >= 11 is 0. The number of furan rings is 2. The average molecular weight is 913 g/mol. The molecule has 6 heteroatoms. The zero-order chi connectivity index (χ0) is 46.4. The molecule has 0 aliphatic carbocycles. The third-order valence-electron chi connectivity index (χ3n) is 15.5. The maximum absolute atomic E-state index is 7.23. The zero-order valence-corrected chi connectivity index (χ0v) is 41.9. The second-order valence-corrected chi connectivity index (χ2v) is 28.8. The molecule has 0 amide bonds. The molecule has 4 nitrogen and oxygen atoms in total. The van der Waals surface area contributed by atoms with Crippen LogP contribution in [0, 0.1) is 27.7 Å². The quantitative estimate of drug-likeness (QED) is 0.156. The molecule has 0 atom stereocenters. The van der Waals surface area contributed by atoms with E-state index in [0.717, 1.165) is 55.6 Å². The Balaban J connectivity index is 1.11. The number of anilines is 6. The summed E-state index contributed by atoms with van der Waals surface area (Å²) in [5.74, 6) is 0. The van der Waals surface area contributed by atoms with Gasteiger partial charge in [-0.2, -0.15) is 0 Å². The lowest BCUT2D eigenvalue weighted by Gasteiger charge is -2.31. The van der Waals surface area contributed by atoms with Crippen LogP contribution in [0.5, 0.6) is 0 Å². The molecule has 9 aromatic carbocycles. The van der Waals surface area contributed by atoms with Crippen molar-refractivity contribution in [3.8, 4) is 22.3 Å². The van der Waals surface area contributed by atoms with Crippen LogP contribution >= 0.6 is 0 Å². The number of benzene rings is 9. The first kappa shape index (κ1) is 40.9. The Bertz CT molecular complexity index is 3860. The topological polar surface area (TPSA) is 32.8 Å². The van der Waals surface area contributed by atoms with E-state index in [-0.39, 0.29) is 0 Å². The Labute approximate surface area is 399 Å². The number of fused-ring (bicyclic) bond motifs is 15. The van der Waals surface area contributed by atoms with Crippen molar-refractivity contribution in [3.05, 3.63) is 192 Å². The average Bonchev–Trinajstić information content (AvgIpc) is 4.04. The van der Waals surface area contributed by atoms with E-state index in [2.05, 4.69) is 234 Å². The molecule has 4 heterocycles. The maximum Gasteiger partial charge on any atom is 0.160 e. The summed E-state index contributed by atoms with van der Waals surface area (Å²) in [5.41, 5.74) is 20.8. The summed E-state index contributed by atoms with van der Waals surface area (Å²) in [5, 5.41) is 10.7. The summed E-state index contributed by atoms with van der Waals surface area (Å²) in [7, 11) is -4.97. The molecule has 0 spiro atoms. The van der Waals surface area contributed by atoms with Gasteiger partial charge in [0.25, 0.3) is 0 Å². The minimum absolute atomic E-state index is 0.912. The lowest BCUT2D eigenvalue weighted by atomic mass is 9.94. The van der Waals surface area contributed by atoms with E-state index in [1.165, 1.54) is 77.3 Å². The van der Waals surface area contributed by atoms with Gasteiger partial charge in [-0.25, -0.2) is 0 Å². The Morgan fingerprint density at radius 1 is 0.353 bits per heavy atom. The van der Waals surface area contributed by atoms with Crippen molar-refractivity contribution < 1.29 is 8.83 Å². The molecule has 0 saturated carbocycles. The lowest BCUT2D eigenvalue weighted by Crippen LogP contribution is -2.63. The number of aryl methyl sites for hydroxylation is 4. The van der Waals surface area contributed by atoms with Gasteiger partial charge in [-0.05, 0) is 136 Å². The molecule has 68 heavy (non-hydrogen) atoms. The molecule has 0 radical (unpaired) electrons. The Morgan fingerprint density at radius 2 is 0.721 bits per heavy atom. The molecule has 13 rings (SSSR count). The monoisotopic (exact) mass is 912 g/mol. The Hall–Kier alpha value is -7.39. The number of hydrogen-bond acceptors (Lipinski definition) is 4. The first-order chi connectivity index (χ1) is 32.9. The van der Waals surface area contributed by atoms with Crippen molar-refractivity contribution in [1.29, 1.82) is 0 Å². The first-order valence-corrected chi connectivity index (χ1v) is 29.9. The largest absolute Gasteiger partial charge is 0.455 e. The molecule has 0 N–H and O–H groups in total. The summed E-state index contributed by atoms with van der Waals surface area (Å²) in [6.45, 7) is 19.3. The van der Waals surface area contributed by atoms with E-state index in [0.29, 0.717) is 0 Å². The van der Waals surface area contributed by atoms with Crippen molar-refractivity contribution in [2.75, 3.05) is 9.80 Å². The predicted octanol–water partition coefficient (Wildman–Crippen LogP) is 15.3. The normalized spacial score (nSPS) is 14.1. The van der Waals surface area contributed by atoms with Gasteiger partial charge in [0, 0.05) is 44.5 Å². The van der Waals surface area contributed by atoms with Crippen LogP contribution < -0.4 is 30.5 Å². The van der Waals surface area contributed by atoms with E-state index in [4.69, 9.17) is 8.83 Å². The van der Waals surface area contributed by atoms with Gasteiger partial charge in [0.1, 0.15) is 32.9 Å². The number of nitrogens with zero attached hydrogens (tertiary/aromatic N) is 2. The summed E-state index contributed by atoms with van der Waals surface area (Å²) in [6.07, 6.45) is 0. The Kier molecular flexibility index (Phi) is 8.75. The molecule has 2 aromatic heterocycles. The smallest absolute Gasteiger partial charge is 0.160 e. The minimum Gasteiger partial charge on any atom is -0.455 e. The highest BCUT2D eigenvalue weighted by Crippen LogP contribution is 2.52. The van der Waals surface area contributed by atoms with Gasteiger partial charge in [0.05, 0.1) is 16.8 Å². The lowest BCUT2D eigenvalue weighted by molar-refractivity contribution is 0.669. The molecular weight excluding hydrogens is 861 g/mol. The van der Waals surface area contributed by atoms with Crippen molar-refractivity contribution >= 4 is 115 Å². The maximum atomic E-state index is 7.23. The van der Waals surface area contributed by atoms with Crippen LogP contribution in [0.3, 0.4) is 0 Å². The fourth-order valence-corrected chi connectivity index (χ4v) is 20.7. The second-order valence-electron chi connectivity index (χ2n) is 20.2. The number of para-hydroxylation sites is 6. The van der Waals surface area contributed by atoms with E-state index < -0.39 is 16.1 Å². The Morgan fingerprint density at radius 3 is 1.21 bits per heavy atom. The molecular formula is C62H52N2O2Si2. The zero-order valence-electron chi connectivity index (χ0n) is 39.9. The fraction of sp³-hybridized carbons (Fsp3) is 0.129. The molecule has 0 fully saturated rings. The molecule has 0 bridgehead atoms. The molecule has 330 valence electrons. The fourth-order valence-electron chi connectivity index (χ4n) is 12.3. The van der Waals surface area contributed by atoms with Crippen LogP contribution in [-0.2, 0) is 0 Å². The van der Waals surface area contributed by atoms with E-state index in [1.54, 1.807) is 10.4 Å². The number of rotatable bonds is 6. The first-order valence-electron chi connectivity index (χ1n) is 23.9. The highest BCUT2D eigenvalue weighted by Gasteiger charge is 2.50. The van der Waals surface area contributed by atoms with Gasteiger partial charge < -0.3 is 18.6 Å². The van der Waals surface area contributed by atoms with E-state index in [9.17, 15) is 0 Å². The SMILES string of the molecule is Cc1ccccc1N(c1ccccc1C)c1cc2c(c3c1oc1ccccc13)-c1ccc3c(c1[Si]2(C)C)[Si](C)(C)c1cc(N(c2ccccc2C)c2ccccc2C)c2c(oc4ccccc42)c1-3. The third kappa shape index (κ3) is 5.53. The highest BCUT2D eigenvalue weighted by molar-refractivity contribution is 7.13. The molecule has 0 unspecified atom stereocenters. The van der Waals surface area contributed by atoms with Crippen LogP contribution in [0.15, 0.2) is 179 Å². The third-order valence-corrected chi connectivity index (χ3v) is 22.8. The van der Waals surface area contributed by atoms with Crippen LogP contribution in [0.25, 0.3) is 66.1 Å². The van der Waals surface area contributed by atoms with Crippen molar-refractivity contribution in [2.45, 2.75) is 53.9 Å². The van der Waals surface area contributed by atoms with Gasteiger partial charge in [0.15, 0.2) is 5.58 Å². The van der Waals surface area contributed by atoms with Gasteiger partial charge in [0.2, 0.25) is 0 Å². The number of hydrogen-bond donors (Lipinski definition) is 0. The van der Waals surface area contributed by atoms with Crippen molar-refractivity contribution in [1.82, 2.24) is 0 Å². The second kappa shape index (κ2) is 14.6. The molecule has 11 aromatic rings. The van der Waals surface area contributed by atoms with Crippen LogP contribution in [0.2, 0.25) is 26.2 Å². The van der Waals surface area contributed by atoms with Crippen LogP contribution in [0.4, 0.5) is 34.1 Å². The standard InChI is InChI=1S/C62H52N2O2Si2/c1-37-21-9-15-27-45(37)63(46-28-16-10-22-38(46)2)49-35-54-57(60-55(49)41-25-13-19-31-51(41)66-60)44-34-33-43-56-53(67(5,6)61(43)62(44)68(54,7)8)36-50(59-58(56)42-26-14-20-32-52(42)65-59)64(47-29-17-11-23-39(47)3)48-30-18-12-24-40(48)4/h9-36H,1-8H3. The molecule has 2 aliphatic heterocycles. The van der Waals surface area contributed by atoms with Crippen molar-refractivity contribution in [2.24, 2.45) is 0 Å². The van der Waals surface area contributed by atoms with Gasteiger partial charge in [-0.3, -0.25) is 0 Å². The predicted molar refractivity (Wildman–Crippen MR) is 294 cm³/mol. The van der Waals surface area contributed by atoms with Gasteiger partial charge in [-0.1, -0.05) is 148 Å². The van der Waals surface area contributed by atoms with Crippen LogP contribution in [0.1, 0.15) is 22.3 Å². The highest BCUT2D eigenvalue weighted by atomic mass is 28.3. The van der Waals surface area contributed by atoms with Gasteiger partial charge >= 0.3 is 0 Å². The van der Waals surface area contributed by atoms with Crippen LogP contribution in [-0.4, -0.2) is 16.1 Å². The van der Waals surface area contributed by atoms with E-state index >= 15 is 0 Å². The minimum atomic E-state index is -2.49. The van der Waals surface area contributed by atoms with Gasteiger partial charge in [-0.15, -0.1) is 0 Å². The summed E-state index contributed by atoms with van der Waals surface area (Å²) in [4.78, 5) is 4.98. The summed E-state index contributed by atoms with van der Waals surface area (Å²) in [6, 6.07) is 62.5. The summed E-state index contributed by atoms with van der Waals surface area (Å²) < 4.78 is 14.4.